The summed E-state index contributed by atoms with van der Waals surface area (Å²) in [7, 11) is 0. The van der Waals surface area contributed by atoms with Gasteiger partial charge in [-0.3, -0.25) is 19.8 Å². The van der Waals surface area contributed by atoms with Crippen LogP contribution in [0.25, 0.3) is 10.9 Å². The van der Waals surface area contributed by atoms with Crippen molar-refractivity contribution in [2.45, 2.75) is 6.92 Å². The third kappa shape index (κ3) is 4.93. The van der Waals surface area contributed by atoms with Gasteiger partial charge in [-0.2, -0.15) is 0 Å². The third-order valence-corrected chi connectivity index (χ3v) is 5.38. The smallest absolute Gasteiger partial charge is 0.320 e. The number of aryl methyl sites for hydroxylation is 1. The number of rotatable bonds is 4. The number of nitrogens with zero attached hydrogens (tertiary/aromatic N) is 1. The Kier molecular flexibility index (Phi) is 6.23. The van der Waals surface area contributed by atoms with Crippen LogP contribution < -0.4 is 16.1 Å². The number of benzene rings is 3. The van der Waals surface area contributed by atoms with Gasteiger partial charge in [0.25, 0.3) is 5.91 Å². The van der Waals surface area contributed by atoms with Gasteiger partial charge in [-0.1, -0.05) is 40.2 Å². The predicted molar refractivity (Wildman–Crippen MR) is 128 cm³/mol. The minimum Gasteiger partial charge on any atom is -0.320 e. The van der Waals surface area contributed by atoms with Crippen molar-refractivity contribution < 1.29 is 18.8 Å². The SMILES string of the molecule is Cc1ccccc1NC(=O)c1cc2cc(Br)ccc2n1NC(=O)C(=O)Nc1cccc(F)c1. The highest BCUT2D eigenvalue weighted by Crippen LogP contribution is 2.24. The number of carbonyl (C=O) groups excluding carboxylic acids is 3. The molecular formula is C24H18BrFN4O3. The van der Waals surface area contributed by atoms with E-state index >= 15 is 0 Å². The van der Waals surface area contributed by atoms with E-state index in [0.717, 1.165) is 16.1 Å². The second-order valence-corrected chi connectivity index (χ2v) is 8.16. The van der Waals surface area contributed by atoms with Gasteiger partial charge in [0.05, 0.1) is 5.52 Å². The van der Waals surface area contributed by atoms with E-state index in [9.17, 15) is 18.8 Å². The van der Waals surface area contributed by atoms with Gasteiger partial charge in [0.15, 0.2) is 0 Å². The van der Waals surface area contributed by atoms with Crippen molar-refractivity contribution in [2.75, 3.05) is 16.1 Å². The van der Waals surface area contributed by atoms with Gasteiger partial charge in [-0.05, 0) is 61.0 Å². The maximum atomic E-state index is 13.4. The van der Waals surface area contributed by atoms with Crippen LogP contribution in [0.1, 0.15) is 16.1 Å². The molecule has 4 rings (SSSR count). The number of para-hydroxylation sites is 1. The van der Waals surface area contributed by atoms with E-state index < -0.39 is 23.5 Å². The van der Waals surface area contributed by atoms with Crippen LogP contribution in [0, 0.1) is 12.7 Å². The van der Waals surface area contributed by atoms with Crippen molar-refractivity contribution in [1.82, 2.24) is 4.68 Å². The second kappa shape index (κ2) is 9.25. The van der Waals surface area contributed by atoms with Crippen LogP contribution >= 0.6 is 15.9 Å². The molecule has 0 bridgehead atoms. The van der Waals surface area contributed by atoms with E-state index in [4.69, 9.17) is 0 Å². The second-order valence-electron chi connectivity index (χ2n) is 7.24. The maximum Gasteiger partial charge on any atom is 0.328 e. The number of halogens is 2. The Morgan fingerprint density at radius 3 is 2.42 bits per heavy atom. The monoisotopic (exact) mass is 508 g/mol. The number of hydrogen-bond acceptors (Lipinski definition) is 3. The molecule has 0 aliphatic carbocycles. The summed E-state index contributed by atoms with van der Waals surface area (Å²) in [5.41, 5.74) is 4.73. The minimum absolute atomic E-state index is 0.123. The molecule has 0 fully saturated rings. The summed E-state index contributed by atoms with van der Waals surface area (Å²) >= 11 is 3.39. The fourth-order valence-electron chi connectivity index (χ4n) is 3.28. The molecule has 3 aromatic carbocycles. The number of nitrogens with one attached hydrogen (secondary N) is 3. The predicted octanol–water partition coefficient (Wildman–Crippen LogP) is 4.81. The van der Waals surface area contributed by atoms with Crippen LogP contribution in [0.2, 0.25) is 0 Å². The first-order chi connectivity index (χ1) is 15.8. The molecular weight excluding hydrogens is 491 g/mol. The van der Waals surface area contributed by atoms with Gasteiger partial charge in [-0.15, -0.1) is 0 Å². The summed E-state index contributed by atoms with van der Waals surface area (Å²) in [4.78, 5) is 38.1. The van der Waals surface area contributed by atoms with E-state index in [1.54, 1.807) is 36.4 Å². The molecule has 0 spiro atoms. The van der Waals surface area contributed by atoms with Crippen molar-refractivity contribution in [3.63, 3.8) is 0 Å². The molecule has 0 radical (unpaired) electrons. The Morgan fingerprint density at radius 2 is 1.67 bits per heavy atom. The Labute approximate surface area is 196 Å². The van der Waals surface area contributed by atoms with Gasteiger partial charge < -0.3 is 10.6 Å². The lowest BCUT2D eigenvalue weighted by Crippen LogP contribution is -2.36. The zero-order valence-corrected chi connectivity index (χ0v) is 18.9. The fraction of sp³-hybridized carbons (Fsp3) is 0.0417. The van der Waals surface area contributed by atoms with E-state index in [0.29, 0.717) is 16.6 Å². The van der Waals surface area contributed by atoms with Crippen molar-refractivity contribution in [2.24, 2.45) is 0 Å². The Hall–Kier alpha value is -3.98. The Balaban J connectivity index is 1.64. The molecule has 7 nitrogen and oxygen atoms in total. The molecule has 3 N–H and O–H groups in total. The molecule has 4 aromatic rings. The molecule has 9 heteroatoms. The molecule has 0 saturated carbocycles. The highest BCUT2D eigenvalue weighted by molar-refractivity contribution is 9.10. The first-order valence-corrected chi connectivity index (χ1v) is 10.7. The van der Waals surface area contributed by atoms with Crippen molar-refractivity contribution in [3.8, 4) is 0 Å². The molecule has 1 aromatic heterocycles. The van der Waals surface area contributed by atoms with Gasteiger partial charge in [-0.25, -0.2) is 9.07 Å². The van der Waals surface area contributed by atoms with Gasteiger partial charge in [0.1, 0.15) is 11.5 Å². The fourth-order valence-corrected chi connectivity index (χ4v) is 3.66. The number of amides is 3. The number of aromatic nitrogens is 1. The van der Waals surface area contributed by atoms with Crippen LogP contribution in [0.3, 0.4) is 0 Å². The number of hydrogen-bond donors (Lipinski definition) is 3. The van der Waals surface area contributed by atoms with Crippen LogP contribution in [-0.2, 0) is 9.59 Å². The molecule has 166 valence electrons. The largest absolute Gasteiger partial charge is 0.328 e. The maximum absolute atomic E-state index is 13.4. The van der Waals surface area contributed by atoms with Crippen LogP contribution in [0.4, 0.5) is 15.8 Å². The van der Waals surface area contributed by atoms with Crippen LogP contribution in [0.15, 0.2) is 77.3 Å². The quantitative estimate of drug-likeness (QED) is 0.345. The first kappa shape index (κ1) is 22.2. The van der Waals surface area contributed by atoms with Crippen molar-refractivity contribution >= 4 is 55.9 Å². The molecule has 0 aliphatic heterocycles. The molecule has 3 amide bonds. The third-order valence-electron chi connectivity index (χ3n) is 4.89. The number of fused-ring (bicyclic) bond motifs is 1. The van der Waals surface area contributed by atoms with Crippen molar-refractivity contribution in [1.29, 1.82) is 0 Å². The molecule has 0 saturated heterocycles. The summed E-state index contributed by atoms with van der Waals surface area (Å²) in [6.45, 7) is 1.86. The normalized spacial score (nSPS) is 10.6. The zero-order chi connectivity index (χ0) is 23.5. The highest BCUT2D eigenvalue weighted by atomic mass is 79.9. The summed E-state index contributed by atoms with van der Waals surface area (Å²) in [5, 5.41) is 5.83. The van der Waals surface area contributed by atoms with Gasteiger partial charge in [0, 0.05) is 21.2 Å². The number of anilines is 2. The lowest BCUT2D eigenvalue weighted by atomic mass is 10.2. The van der Waals surface area contributed by atoms with E-state index in [1.165, 1.54) is 22.9 Å². The van der Waals surface area contributed by atoms with E-state index in [-0.39, 0.29) is 11.4 Å². The summed E-state index contributed by atoms with van der Waals surface area (Å²) in [6, 6.07) is 19.3. The summed E-state index contributed by atoms with van der Waals surface area (Å²) in [6.07, 6.45) is 0. The summed E-state index contributed by atoms with van der Waals surface area (Å²) in [5.74, 6) is -3.05. The molecule has 0 atom stereocenters. The summed E-state index contributed by atoms with van der Waals surface area (Å²) < 4.78 is 15.4. The minimum atomic E-state index is -1.02. The van der Waals surface area contributed by atoms with E-state index in [2.05, 4.69) is 32.0 Å². The zero-order valence-electron chi connectivity index (χ0n) is 17.4. The number of carbonyl (C=O) groups is 3. The molecule has 0 unspecified atom stereocenters. The lowest BCUT2D eigenvalue weighted by Gasteiger charge is -2.13. The Bertz CT molecular complexity index is 1400. The van der Waals surface area contributed by atoms with Crippen molar-refractivity contribution in [3.05, 3.63) is 94.3 Å². The lowest BCUT2D eigenvalue weighted by molar-refractivity contribution is -0.133. The average molecular weight is 509 g/mol. The van der Waals surface area contributed by atoms with Crippen LogP contribution in [0.5, 0.6) is 0 Å². The molecule has 1 heterocycles. The average Bonchev–Trinajstić information content (AvgIpc) is 3.12. The first-order valence-electron chi connectivity index (χ1n) is 9.88. The Morgan fingerprint density at radius 1 is 0.879 bits per heavy atom. The standard InChI is InChI=1S/C24H18BrFN4O3/c1-14-5-2-3-8-19(14)28-22(31)21-12-15-11-16(25)9-10-20(15)30(21)29-24(33)23(32)27-18-7-4-6-17(26)13-18/h2-13H,1H3,(H,27,32)(H,28,31)(H,29,33). The molecule has 0 aliphatic rings. The topological polar surface area (TPSA) is 92.2 Å². The van der Waals surface area contributed by atoms with Crippen LogP contribution in [-0.4, -0.2) is 22.4 Å². The van der Waals surface area contributed by atoms with Gasteiger partial charge in [0.2, 0.25) is 0 Å². The highest BCUT2D eigenvalue weighted by Gasteiger charge is 2.21. The molecule has 33 heavy (non-hydrogen) atoms. The van der Waals surface area contributed by atoms with E-state index in [1.807, 2.05) is 19.1 Å². The van der Waals surface area contributed by atoms with Gasteiger partial charge >= 0.3 is 11.8 Å².